The minimum absolute atomic E-state index is 0.129. The maximum atomic E-state index is 11.7. The summed E-state index contributed by atoms with van der Waals surface area (Å²) < 4.78 is 21.7. The van der Waals surface area contributed by atoms with E-state index in [4.69, 9.17) is 5.14 Å². The number of rotatable bonds is 4. The Balaban J connectivity index is 1.90. The zero-order chi connectivity index (χ0) is 13.9. The molecule has 2 heterocycles. The van der Waals surface area contributed by atoms with Crippen LogP contribution in [-0.2, 0) is 14.8 Å². The minimum atomic E-state index is -3.87. The van der Waals surface area contributed by atoms with E-state index in [1.54, 1.807) is 0 Å². The van der Waals surface area contributed by atoms with Gasteiger partial charge in [0, 0.05) is 26.2 Å². The maximum absolute atomic E-state index is 11.7. The van der Waals surface area contributed by atoms with E-state index in [1.807, 2.05) is 4.90 Å². The first-order chi connectivity index (χ1) is 8.95. The number of hydrogen-bond donors (Lipinski definition) is 3. The molecule has 19 heavy (non-hydrogen) atoms. The van der Waals surface area contributed by atoms with E-state index in [9.17, 15) is 13.2 Å². The van der Waals surface area contributed by atoms with Crippen LogP contribution in [0, 0.1) is 0 Å². The molecule has 1 fully saturated rings. The summed E-state index contributed by atoms with van der Waals surface area (Å²) in [5.74, 6) is -0.251. The van der Waals surface area contributed by atoms with Gasteiger partial charge in [0.05, 0.1) is 6.54 Å². The first-order valence-electron chi connectivity index (χ1n) is 5.54. The van der Waals surface area contributed by atoms with Crippen LogP contribution in [-0.4, -0.2) is 62.1 Å². The third kappa shape index (κ3) is 4.18. The van der Waals surface area contributed by atoms with E-state index < -0.39 is 10.0 Å². The molecule has 1 aliphatic rings. The standard InChI is InChI=1S/C8H14N6O3S2/c9-19(16,17)8-13-12-7(18-8)11-6(15)5-14-3-1-10-2-4-14/h10H,1-5H2,(H2,9,16,17)(H,11,12,15). The monoisotopic (exact) mass is 306 g/mol. The van der Waals surface area contributed by atoms with Gasteiger partial charge >= 0.3 is 0 Å². The van der Waals surface area contributed by atoms with Gasteiger partial charge in [-0.05, 0) is 0 Å². The molecular formula is C8H14N6O3S2. The van der Waals surface area contributed by atoms with Crippen LogP contribution in [0.15, 0.2) is 4.34 Å². The number of piperazine rings is 1. The van der Waals surface area contributed by atoms with Crippen molar-refractivity contribution in [2.75, 3.05) is 38.0 Å². The SMILES string of the molecule is NS(=O)(=O)c1nnc(NC(=O)CN2CCNCC2)s1. The molecule has 9 nitrogen and oxygen atoms in total. The fourth-order valence-corrected chi connectivity index (χ4v) is 2.96. The van der Waals surface area contributed by atoms with Crippen molar-refractivity contribution >= 4 is 32.4 Å². The molecule has 1 saturated heterocycles. The Morgan fingerprint density at radius 2 is 2.11 bits per heavy atom. The number of hydrogen-bond acceptors (Lipinski definition) is 8. The highest BCUT2D eigenvalue weighted by Crippen LogP contribution is 2.18. The number of anilines is 1. The van der Waals surface area contributed by atoms with Crippen LogP contribution in [0.3, 0.4) is 0 Å². The topological polar surface area (TPSA) is 130 Å². The second kappa shape index (κ2) is 5.88. The number of carbonyl (C=O) groups excluding carboxylic acids is 1. The summed E-state index contributed by atoms with van der Waals surface area (Å²) in [6, 6.07) is 0. The Morgan fingerprint density at radius 1 is 1.42 bits per heavy atom. The van der Waals surface area contributed by atoms with Crippen molar-refractivity contribution in [3.8, 4) is 0 Å². The molecule has 0 bridgehead atoms. The number of amides is 1. The Labute approximate surface area is 114 Å². The minimum Gasteiger partial charge on any atom is -0.314 e. The average Bonchev–Trinajstić information content (AvgIpc) is 2.78. The van der Waals surface area contributed by atoms with Crippen molar-refractivity contribution in [2.45, 2.75) is 4.34 Å². The second-order valence-corrected chi connectivity index (χ2v) is 6.71. The van der Waals surface area contributed by atoms with Gasteiger partial charge in [-0.1, -0.05) is 11.3 Å². The lowest BCUT2D eigenvalue weighted by molar-refractivity contribution is -0.117. The highest BCUT2D eigenvalue weighted by Gasteiger charge is 2.18. The number of aromatic nitrogens is 2. The van der Waals surface area contributed by atoms with Crippen molar-refractivity contribution in [3.05, 3.63) is 0 Å². The maximum Gasteiger partial charge on any atom is 0.267 e. The highest BCUT2D eigenvalue weighted by molar-refractivity contribution is 7.91. The zero-order valence-electron chi connectivity index (χ0n) is 10.00. The normalized spacial score (nSPS) is 17.3. The molecule has 0 radical (unpaired) electrons. The van der Waals surface area contributed by atoms with E-state index in [2.05, 4.69) is 20.8 Å². The van der Waals surface area contributed by atoms with Crippen LogP contribution in [0.25, 0.3) is 0 Å². The zero-order valence-corrected chi connectivity index (χ0v) is 11.6. The third-order valence-corrected chi connectivity index (χ3v) is 4.62. The summed E-state index contributed by atoms with van der Waals surface area (Å²) in [5.41, 5.74) is 0. The van der Waals surface area contributed by atoms with Crippen LogP contribution in [0.1, 0.15) is 0 Å². The molecule has 106 valence electrons. The lowest BCUT2D eigenvalue weighted by Gasteiger charge is -2.26. The van der Waals surface area contributed by atoms with Crippen LogP contribution in [0.2, 0.25) is 0 Å². The van der Waals surface area contributed by atoms with Crippen LogP contribution < -0.4 is 15.8 Å². The smallest absolute Gasteiger partial charge is 0.267 e. The predicted molar refractivity (Wildman–Crippen MR) is 69.2 cm³/mol. The van der Waals surface area contributed by atoms with Crippen LogP contribution in [0.5, 0.6) is 0 Å². The molecule has 4 N–H and O–H groups in total. The Kier molecular flexibility index (Phi) is 4.42. The number of nitrogens with two attached hydrogens (primary N) is 1. The summed E-state index contributed by atoms with van der Waals surface area (Å²) in [6.45, 7) is 3.53. The molecule has 1 aromatic rings. The van der Waals surface area contributed by atoms with Crippen molar-refractivity contribution in [1.82, 2.24) is 20.4 Å². The molecule has 0 spiro atoms. The summed E-state index contributed by atoms with van der Waals surface area (Å²) in [4.78, 5) is 13.7. The number of nitrogens with zero attached hydrogens (tertiary/aromatic N) is 3. The fraction of sp³-hybridized carbons (Fsp3) is 0.625. The van der Waals surface area contributed by atoms with Crippen molar-refractivity contribution in [3.63, 3.8) is 0 Å². The van der Waals surface area contributed by atoms with Gasteiger partial charge in [-0.25, -0.2) is 13.6 Å². The molecule has 1 amide bonds. The third-order valence-electron chi connectivity index (χ3n) is 2.47. The summed E-state index contributed by atoms with van der Waals surface area (Å²) in [5, 5.41) is 17.7. The van der Waals surface area contributed by atoms with Crippen molar-refractivity contribution in [2.24, 2.45) is 5.14 Å². The Hall–Kier alpha value is -1.14. The molecule has 1 aromatic heterocycles. The van der Waals surface area contributed by atoms with Gasteiger partial charge in [0.25, 0.3) is 10.0 Å². The van der Waals surface area contributed by atoms with Crippen molar-refractivity contribution in [1.29, 1.82) is 0 Å². The predicted octanol–water partition coefficient (Wildman–Crippen LogP) is -1.97. The largest absolute Gasteiger partial charge is 0.314 e. The number of primary sulfonamides is 1. The van der Waals surface area contributed by atoms with Crippen molar-refractivity contribution < 1.29 is 13.2 Å². The molecule has 0 saturated carbocycles. The lowest BCUT2D eigenvalue weighted by Crippen LogP contribution is -2.46. The van der Waals surface area contributed by atoms with E-state index >= 15 is 0 Å². The molecule has 0 aromatic carbocycles. The second-order valence-electron chi connectivity index (χ2n) is 3.99. The quantitative estimate of drug-likeness (QED) is 0.550. The molecule has 0 unspecified atom stereocenters. The average molecular weight is 306 g/mol. The van der Waals surface area contributed by atoms with Gasteiger partial charge < -0.3 is 5.32 Å². The van der Waals surface area contributed by atoms with Gasteiger partial charge in [-0.15, -0.1) is 10.2 Å². The number of sulfonamides is 1. The van der Waals surface area contributed by atoms with Gasteiger partial charge in [0.2, 0.25) is 15.4 Å². The van der Waals surface area contributed by atoms with Crippen LogP contribution in [0.4, 0.5) is 5.13 Å². The number of carbonyl (C=O) groups is 1. The molecule has 0 aliphatic carbocycles. The summed E-state index contributed by atoms with van der Waals surface area (Å²) in [6.07, 6.45) is 0. The first-order valence-corrected chi connectivity index (χ1v) is 7.90. The first kappa shape index (κ1) is 14.3. The fourth-order valence-electron chi connectivity index (χ4n) is 1.61. The highest BCUT2D eigenvalue weighted by atomic mass is 32.2. The molecule has 11 heteroatoms. The van der Waals surface area contributed by atoms with Gasteiger partial charge in [0.1, 0.15) is 0 Å². The van der Waals surface area contributed by atoms with E-state index in [1.165, 1.54) is 0 Å². The number of nitrogens with one attached hydrogen (secondary N) is 2. The lowest BCUT2D eigenvalue weighted by atomic mass is 10.3. The molecule has 1 aliphatic heterocycles. The molecule has 2 rings (SSSR count). The van der Waals surface area contributed by atoms with Gasteiger partial charge in [-0.2, -0.15) is 0 Å². The van der Waals surface area contributed by atoms with Gasteiger partial charge in [0.15, 0.2) is 0 Å². The summed E-state index contributed by atoms with van der Waals surface area (Å²) >= 11 is 0.732. The Bertz CT molecular complexity index is 551. The molecular weight excluding hydrogens is 292 g/mol. The Morgan fingerprint density at radius 3 is 2.68 bits per heavy atom. The van der Waals surface area contributed by atoms with E-state index in [0.717, 1.165) is 37.5 Å². The van der Waals surface area contributed by atoms with Crippen LogP contribution >= 0.6 is 11.3 Å². The van der Waals surface area contributed by atoms with E-state index in [-0.39, 0.29) is 21.9 Å². The molecule has 0 atom stereocenters. The van der Waals surface area contributed by atoms with Gasteiger partial charge in [-0.3, -0.25) is 15.0 Å². The van der Waals surface area contributed by atoms with E-state index in [0.29, 0.717) is 0 Å². The summed E-state index contributed by atoms with van der Waals surface area (Å²) in [7, 11) is -3.87.